The summed E-state index contributed by atoms with van der Waals surface area (Å²) in [6.07, 6.45) is -0.967. The standard InChI is InChI=1S/C15H19N3O6/c1-4-23-14(19)16-17(15(20)24-5-2)13(18(21)22)10-12-8-6-11(3)7-9-12/h6-10H,4-5H2,1-3H3,(H,16,19)/b13-10+. The van der Waals surface area contributed by atoms with Crippen LogP contribution in [-0.4, -0.2) is 35.3 Å². The van der Waals surface area contributed by atoms with Crippen molar-refractivity contribution in [1.82, 2.24) is 10.4 Å². The molecule has 0 saturated heterocycles. The number of hydrazine groups is 1. The maximum Gasteiger partial charge on any atom is 0.531 e. The Kier molecular flexibility index (Phi) is 7.21. The monoisotopic (exact) mass is 337 g/mol. The Morgan fingerprint density at radius 2 is 1.79 bits per heavy atom. The van der Waals surface area contributed by atoms with Crippen LogP contribution in [-0.2, 0) is 9.47 Å². The Morgan fingerprint density at radius 1 is 1.21 bits per heavy atom. The molecule has 0 aliphatic rings. The largest absolute Gasteiger partial charge is 0.531 e. The molecule has 0 heterocycles. The lowest BCUT2D eigenvalue weighted by Gasteiger charge is -2.15. The summed E-state index contributed by atoms with van der Waals surface area (Å²) >= 11 is 0. The number of hydrogen-bond acceptors (Lipinski definition) is 6. The summed E-state index contributed by atoms with van der Waals surface area (Å²) in [4.78, 5) is 34.1. The number of hydrogen-bond donors (Lipinski definition) is 1. The summed E-state index contributed by atoms with van der Waals surface area (Å²) in [5.41, 5.74) is 3.46. The van der Waals surface area contributed by atoms with Crippen LogP contribution in [0, 0.1) is 17.0 Å². The van der Waals surface area contributed by atoms with Crippen LogP contribution in [0.25, 0.3) is 6.08 Å². The minimum absolute atomic E-state index is 0.0185. The van der Waals surface area contributed by atoms with Crippen molar-refractivity contribution < 1.29 is 24.0 Å². The average Bonchev–Trinajstić information content (AvgIpc) is 2.52. The normalized spacial score (nSPS) is 10.7. The topological polar surface area (TPSA) is 111 Å². The van der Waals surface area contributed by atoms with Crippen molar-refractivity contribution in [1.29, 1.82) is 0 Å². The molecule has 130 valence electrons. The third kappa shape index (κ3) is 5.59. The number of aryl methyl sites for hydroxylation is 1. The Bertz CT molecular complexity index is 627. The summed E-state index contributed by atoms with van der Waals surface area (Å²) in [7, 11) is 0. The lowest BCUT2D eigenvalue weighted by atomic mass is 10.1. The average molecular weight is 337 g/mol. The van der Waals surface area contributed by atoms with Gasteiger partial charge < -0.3 is 19.6 Å². The van der Waals surface area contributed by atoms with Crippen LogP contribution in [0.15, 0.2) is 30.1 Å². The van der Waals surface area contributed by atoms with Crippen molar-refractivity contribution >= 4 is 18.3 Å². The van der Waals surface area contributed by atoms with Crippen molar-refractivity contribution in [2.75, 3.05) is 13.2 Å². The van der Waals surface area contributed by atoms with E-state index in [1.807, 2.05) is 12.3 Å². The highest BCUT2D eigenvalue weighted by Crippen LogP contribution is 2.13. The third-order valence-corrected chi connectivity index (χ3v) is 2.72. The van der Waals surface area contributed by atoms with Gasteiger partial charge in [-0.25, -0.2) is 4.79 Å². The first-order valence-electron chi connectivity index (χ1n) is 7.22. The summed E-state index contributed by atoms with van der Waals surface area (Å²) < 4.78 is 9.39. The maximum atomic E-state index is 12.0. The molecular weight excluding hydrogens is 318 g/mol. The molecule has 0 aromatic heterocycles. The van der Waals surface area contributed by atoms with Crippen LogP contribution in [0.4, 0.5) is 9.59 Å². The quantitative estimate of drug-likeness (QED) is 0.653. The van der Waals surface area contributed by atoms with E-state index in [0.29, 0.717) is 10.6 Å². The molecule has 0 aliphatic carbocycles. The molecule has 0 saturated carbocycles. The minimum atomic E-state index is -1.10. The first kappa shape index (κ1) is 18.9. The molecule has 9 heteroatoms. The Labute approximate surface area is 139 Å². The molecule has 0 unspecified atom stereocenters. The molecule has 9 nitrogen and oxygen atoms in total. The van der Waals surface area contributed by atoms with Crippen molar-refractivity contribution in [3.8, 4) is 0 Å². The van der Waals surface area contributed by atoms with Gasteiger partial charge in [-0.1, -0.05) is 29.8 Å². The third-order valence-electron chi connectivity index (χ3n) is 2.72. The van der Waals surface area contributed by atoms with Crippen molar-refractivity contribution in [3.05, 3.63) is 51.3 Å². The number of ether oxygens (including phenoxy) is 2. The number of carbonyl (C=O) groups excluding carboxylic acids is 2. The van der Waals surface area contributed by atoms with Gasteiger partial charge in [-0.3, -0.25) is 0 Å². The molecule has 0 radical (unpaired) electrons. The van der Waals surface area contributed by atoms with Gasteiger partial charge in [0.25, 0.3) is 0 Å². The van der Waals surface area contributed by atoms with Crippen molar-refractivity contribution in [3.63, 3.8) is 0 Å². The Morgan fingerprint density at radius 3 is 2.29 bits per heavy atom. The highest BCUT2D eigenvalue weighted by Gasteiger charge is 2.34. The predicted molar refractivity (Wildman–Crippen MR) is 85.2 cm³/mol. The summed E-state index contributed by atoms with van der Waals surface area (Å²) in [6.45, 7) is 4.99. The molecule has 0 aliphatic heterocycles. The molecule has 1 rings (SSSR count). The van der Waals surface area contributed by atoms with Gasteiger partial charge in [-0.15, -0.1) is 5.43 Å². The van der Waals surface area contributed by atoms with Gasteiger partial charge in [-0.05, 0) is 36.3 Å². The van der Waals surface area contributed by atoms with Crippen LogP contribution in [0.1, 0.15) is 25.0 Å². The molecule has 1 aromatic rings. The van der Waals surface area contributed by atoms with E-state index in [1.165, 1.54) is 6.92 Å². The van der Waals surface area contributed by atoms with Crippen LogP contribution >= 0.6 is 0 Å². The van der Waals surface area contributed by atoms with E-state index < -0.39 is 22.9 Å². The minimum Gasteiger partial charge on any atom is -0.448 e. The number of benzene rings is 1. The molecular formula is C15H19N3O6. The van der Waals surface area contributed by atoms with Gasteiger partial charge in [-0.2, -0.15) is 4.79 Å². The summed E-state index contributed by atoms with van der Waals surface area (Å²) in [5, 5.41) is 11.8. The van der Waals surface area contributed by atoms with E-state index in [9.17, 15) is 19.7 Å². The summed E-state index contributed by atoms with van der Waals surface area (Å²) in [5.74, 6) is -0.676. The molecule has 0 atom stereocenters. The van der Waals surface area contributed by atoms with Gasteiger partial charge in [0.05, 0.1) is 13.2 Å². The van der Waals surface area contributed by atoms with Gasteiger partial charge in [0.2, 0.25) is 0 Å². The smallest absolute Gasteiger partial charge is 0.448 e. The second-order valence-corrected chi connectivity index (χ2v) is 4.54. The fraction of sp³-hybridized carbons (Fsp3) is 0.333. The number of nitrogens with one attached hydrogen (secondary N) is 1. The molecule has 1 N–H and O–H groups in total. The van der Waals surface area contributed by atoms with Crippen molar-refractivity contribution in [2.24, 2.45) is 0 Å². The first-order chi connectivity index (χ1) is 11.4. The first-order valence-corrected chi connectivity index (χ1v) is 7.22. The molecule has 0 fully saturated rings. The lowest BCUT2D eigenvalue weighted by Crippen LogP contribution is -2.47. The Hall–Kier alpha value is -3.10. The van der Waals surface area contributed by atoms with Crippen LogP contribution in [0.3, 0.4) is 0 Å². The fourth-order valence-electron chi connectivity index (χ4n) is 1.65. The van der Waals surface area contributed by atoms with Gasteiger partial charge in [0.1, 0.15) is 0 Å². The second kappa shape index (κ2) is 9.13. The second-order valence-electron chi connectivity index (χ2n) is 4.54. The van der Waals surface area contributed by atoms with E-state index >= 15 is 0 Å². The van der Waals surface area contributed by atoms with E-state index in [1.54, 1.807) is 31.2 Å². The lowest BCUT2D eigenvalue weighted by molar-refractivity contribution is -0.443. The molecule has 1 aromatic carbocycles. The van der Waals surface area contributed by atoms with Crippen LogP contribution < -0.4 is 5.43 Å². The number of carbonyl (C=O) groups is 2. The highest BCUT2D eigenvalue weighted by atomic mass is 16.6. The van der Waals surface area contributed by atoms with Gasteiger partial charge >= 0.3 is 18.0 Å². The zero-order valence-electron chi connectivity index (χ0n) is 13.6. The molecule has 24 heavy (non-hydrogen) atoms. The number of nitrogens with zero attached hydrogens (tertiary/aromatic N) is 2. The SMILES string of the molecule is CCOC(=O)NN(C(=O)OCC)/C(=C\c1ccc(C)cc1)[N+](=O)[O-]. The van der Waals surface area contributed by atoms with E-state index in [4.69, 9.17) is 4.74 Å². The van der Waals surface area contributed by atoms with E-state index in [2.05, 4.69) is 4.74 Å². The van der Waals surface area contributed by atoms with Crippen LogP contribution in [0.2, 0.25) is 0 Å². The molecule has 0 bridgehead atoms. The van der Waals surface area contributed by atoms with Crippen LogP contribution in [0.5, 0.6) is 0 Å². The zero-order chi connectivity index (χ0) is 18.1. The molecule has 2 amide bonds. The predicted octanol–water partition coefficient (Wildman–Crippen LogP) is 2.69. The highest BCUT2D eigenvalue weighted by molar-refractivity contribution is 5.76. The number of amides is 2. The van der Waals surface area contributed by atoms with E-state index in [0.717, 1.165) is 11.6 Å². The van der Waals surface area contributed by atoms with Crippen molar-refractivity contribution in [2.45, 2.75) is 20.8 Å². The van der Waals surface area contributed by atoms with Gasteiger partial charge in [0.15, 0.2) is 0 Å². The Balaban J connectivity index is 3.20. The fourth-order valence-corrected chi connectivity index (χ4v) is 1.65. The van der Waals surface area contributed by atoms with Gasteiger partial charge in [0, 0.05) is 6.08 Å². The summed E-state index contributed by atoms with van der Waals surface area (Å²) in [6, 6.07) is 6.81. The molecule has 0 spiro atoms. The maximum absolute atomic E-state index is 12.0. The number of rotatable bonds is 5. The zero-order valence-corrected chi connectivity index (χ0v) is 13.6. The number of nitro groups is 1. The van der Waals surface area contributed by atoms with E-state index in [-0.39, 0.29) is 13.2 Å².